The number of nitrogens with zero attached hydrogens (tertiary/aromatic N) is 1. The van der Waals surface area contributed by atoms with Crippen molar-refractivity contribution in [2.24, 2.45) is 5.92 Å². The lowest BCUT2D eigenvalue weighted by molar-refractivity contribution is -0.135. The molecule has 2 aliphatic heterocycles. The summed E-state index contributed by atoms with van der Waals surface area (Å²) >= 11 is 0. The Labute approximate surface area is 169 Å². The third-order valence-corrected chi connectivity index (χ3v) is 5.10. The first kappa shape index (κ1) is 22.4. The lowest BCUT2D eigenvalue weighted by atomic mass is 9.97. The minimum atomic E-state index is -2.81. The van der Waals surface area contributed by atoms with E-state index >= 15 is 0 Å². The van der Waals surface area contributed by atoms with Gasteiger partial charge in [-0.2, -0.15) is 0 Å². The number of aryl methyl sites for hydroxylation is 1. The molecule has 0 spiro atoms. The molecule has 0 radical (unpaired) electrons. The summed E-state index contributed by atoms with van der Waals surface area (Å²) < 4.78 is 26.6. The number of benzene rings is 1. The molecule has 3 N–H and O–H groups in total. The highest BCUT2D eigenvalue weighted by Gasteiger charge is 2.44. The van der Waals surface area contributed by atoms with E-state index in [0.717, 1.165) is 18.4 Å². The van der Waals surface area contributed by atoms with Crippen LogP contribution in [0.15, 0.2) is 24.3 Å². The molecule has 1 aromatic carbocycles. The molecule has 0 saturated carbocycles. The number of piperidine rings is 1. The van der Waals surface area contributed by atoms with Crippen LogP contribution in [-0.2, 0) is 4.79 Å². The molecule has 2 atom stereocenters. The van der Waals surface area contributed by atoms with Crippen LogP contribution in [-0.4, -0.2) is 55.0 Å². The molecule has 2 saturated heterocycles. The van der Waals surface area contributed by atoms with Crippen LogP contribution in [0.4, 0.5) is 19.3 Å². The molecule has 0 aromatic heterocycles. The molecule has 28 heavy (non-hydrogen) atoms. The minimum Gasteiger partial charge on any atom is -0.341 e. The number of likely N-dealkylation sites (tertiary alicyclic amines) is 1. The monoisotopic (exact) mass is 416 g/mol. The Hall–Kier alpha value is -1.93. The van der Waals surface area contributed by atoms with Crippen LogP contribution in [0.3, 0.4) is 0 Å². The van der Waals surface area contributed by atoms with Crippen LogP contribution in [0.2, 0.25) is 0 Å². The fourth-order valence-corrected chi connectivity index (χ4v) is 3.59. The Kier molecular flexibility index (Phi) is 7.60. The zero-order valence-electron chi connectivity index (χ0n) is 15.8. The zero-order chi connectivity index (χ0) is 19.4. The molecule has 1 aromatic rings. The molecular weight excluding hydrogens is 390 g/mol. The number of urea groups is 1. The van der Waals surface area contributed by atoms with Crippen LogP contribution in [0.1, 0.15) is 24.8 Å². The van der Waals surface area contributed by atoms with Crippen LogP contribution >= 0.6 is 12.4 Å². The highest BCUT2D eigenvalue weighted by molar-refractivity contribution is 5.89. The zero-order valence-corrected chi connectivity index (χ0v) is 16.7. The second-order valence-corrected chi connectivity index (χ2v) is 7.49. The Morgan fingerprint density at radius 3 is 2.64 bits per heavy atom. The number of halogens is 3. The van der Waals surface area contributed by atoms with E-state index in [4.69, 9.17) is 0 Å². The number of anilines is 1. The van der Waals surface area contributed by atoms with Crippen LogP contribution in [0, 0.1) is 12.8 Å². The summed E-state index contributed by atoms with van der Waals surface area (Å²) in [5.74, 6) is -2.96. The smallest absolute Gasteiger partial charge is 0.319 e. The number of hydrogen-bond donors (Lipinski definition) is 3. The van der Waals surface area contributed by atoms with Crippen molar-refractivity contribution in [2.75, 3.05) is 31.5 Å². The number of hydrogen-bond acceptors (Lipinski definition) is 3. The summed E-state index contributed by atoms with van der Waals surface area (Å²) in [5, 5.41) is 8.23. The SMILES string of the molecule is Cc1ccc(NC(=O)NCC2CCCN(C(=O)C3CC(F)(F)CN3)C2)cc1.Cl. The lowest BCUT2D eigenvalue weighted by Gasteiger charge is -2.34. The maximum atomic E-state index is 13.3. The van der Waals surface area contributed by atoms with Gasteiger partial charge in [-0.05, 0) is 37.8 Å². The van der Waals surface area contributed by atoms with Gasteiger partial charge >= 0.3 is 6.03 Å². The van der Waals surface area contributed by atoms with Gasteiger partial charge in [0.2, 0.25) is 5.91 Å². The van der Waals surface area contributed by atoms with Crippen molar-refractivity contribution in [3.05, 3.63) is 29.8 Å². The first-order valence-electron chi connectivity index (χ1n) is 9.34. The predicted molar refractivity (Wildman–Crippen MR) is 106 cm³/mol. The molecule has 2 aliphatic rings. The van der Waals surface area contributed by atoms with Gasteiger partial charge in [0.05, 0.1) is 12.6 Å². The van der Waals surface area contributed by atoms with Crippen molar-refractivity contribution in [1.82, 2.24) is 15.5 Å². The maximum absolute atomic E-state index is 13.3. The standard InChI is InChI=1S/C19H26F2N4O2.ClH/c1-13-4-6-15(7-5-13)24-18(27)22-10-14-3-2-8-25(11-14)17(26)16-9-19(20,21)12-23-16;/h4-7,14,16,23H,2-3,8-12H2,1H3,(H2,22,24,27);1H. The second kappa shape index (κ2) is 9.52. The van der Waals surface area contributed by atoms with Crippen LogP contribution in [0.5, 0.6) is 0 Å². The third kappa shape index (κ3) is 6.04. The molecule has 3 rings (SSSR count). The third-order valence-electron chi connectivity index (χ3n) is 5.10. The molecule has 2 fully saturated rings. The Morgan fingerprint density at radius 2 is 2.00 bits per heavy atom. The van der Waals surface area contributed by atoms with Gasteiger partial charge in [0.25, 0.3) is 5.92 Å². The van der Waals surface area contributed by atoms with Gasteiger partial charge in [-0.25, -0.2) is 13.6 Å². The van der Waals surface area contributed by atoms with Crippen molar-refractivity contribution >= 4 is 30.0 Å². The van der Waals surface area contributed by atoms with Gasteiger partial charge in [-0.15, -0.1) is 12.4 Å². The van der Waals surface area contributed by atoms with Crippen LogP contribution in [0.25, 0.3) is 0 Å². The van der Waals surface area contributed by atoms with Gasteiger partial charge in [-0.1, -0.05) is 17.7 Å². The summed E-state index contributed by atoms with van der Waals surface area (Å²) in [5.41, 5.74) is 1.83. The molecule has 0 aliphatic carbocycles. The Bertz CT molecular complexity index is 687. The predicted octanol–water partition coefficient (Wildman–Crippen LogP) is 2.77. The highest BCUT2D eigenvalue weighted by Crippen LogP contribution is 2.27. The molecule has 156 valence electrons. The van der Waals surface area contributed by atoms with Gasteiger partial charge in [0, 0.05) is 31.7 Å². The number of nitrogens with one attached hydrogen (secondary N) is 3. The van der Waals surface area contributed by atoms with E-state index in [1.165, 1.54) is 0 Å². The molecule has 0 bridgehead atoms. The number of rotatable bonds is 4. The molecule has 9 heteroatoms. The second-order valence-electron chi connectivity index (χ2n) is 7.49. The summed E-state index contributed by atoms with van der Waals surface area (Å²) in [6.07, 6.45) is 1.26. The van der Waals surface area contributed by atoms with Crippen molar-refractivity contribution in [3.8, 4) is 0 Å². The summed E-state index contributed by atoms with van der Waals surface area (Å²) in [4.78, 5) is 26.2. The first-order chi connectivity index (χ1) is 12.8. The highest BCUT2D eigenvalue weighted by atomic mass is 35.5. The Balaban J connectivity index is 0.00000280. The number of alkyl halides is 2. The van der Waals surface area contributed by atoms with E-state index < -0.39 is 24.9 Å². The Morgan fingerprint density at radius 1 is 1.29 bits per heavy atom. The van der Waals surface area contributed by atoms with E-state index in [1.807, 2.05) is 31.2 Å². The van der Waals surface area contributed by atoms with Gasteiger partial charge in [0.1, 0.15) is 0 Å². The molecule has 2 unspecified atom stereocenters. The molecule has 3 amide bonds. The van der Waals surface area contributed by atoms with Gasteiger partial charge in [-0.3, -0.25) is 10.1 Å². The van der Waals surface area contributed by atoms with Crippen LogP contribution < -0.4 is 16.0 Å². The van der Waals surface area contributed by atoms with E-state index in [0.29, 0.717) is 25.3 Å². The van der Waals surface area contributed by atoms with Crippen molar-refractivity contribution in [1.29, 1.82) is 0 Å². The fraction of sp³-hybridized carbons (Fsp3) is 0.579. The fourth-order valence-electron chi connectivity index (χ4n) is 3.59. The van der Waals surface area contributed by atoms with Gasteiger partial charge in [0.15, 0.2) is 0 Å². The quantitative estimate of drug-likeness (QED) is 0.706. The van der Waals surface area contributed by atoms with E-state index in [1.54, 1.807) is 4.90 Å². The van der Waals surface area contributed by atoms with Crippen molar-refractivity contribution in [2.45, 2.75) is 38.2 Å². The van der Waals surface area contributed by atoms with E-state index in [9.17, 15) is 18.4 Å². The molecular formula is C19H27ClF2N4O2. The molecule has 6 nitrogen and oxygen atoms in total. The van der Waals surface area contributed by atoms with E-state index in [2.05, 4.69) is 16.0 Å². The minimum absolute atomic E-state index is 0. The normalized spacial score (nSPS) is 23.6. The lowest BCUT2D eigenvalue weighted by Crippen LogP contribution is -2.49. The van der Waals surface area contributed by atoms with E-state index in [-0.39, 0.29) is 30.3 Å². The number of carbonyl (C=O) groups is 2. The maximum Gasteiger partial charge on any atom is 0.319 e. The summed E-state index contributed by atoms with van der Waals surface area (Å²) in [6, 6.07) is 6.40. The van der Waals surface area contributed by atoms with Crippen molar-refractivity contribution < 1.29 is 18.4 Å². The first-order valence-corrected chi connectivity index (χ1v) is 9.34. The van der Waals surface area contributed by atoms with Crippen molar-refractivity contribution in [3.63, 3.8) is 0 Å². The largest absolute Gasteiger partial charge is 0.341 e. The summed E-state index contributed by atoms with van der Waals surface area (Å²) in [6.45, 7) is 3.03. The number of carbonyl (C=O) groups excluding carboxylic acids is 2. The van der Waals surface area contributed by atoms with Gasteiger partial charge < -0.3 is 15.5 Å². The average Bonchev–Trinajstić information content (AvgIpc) is 3.01. The average molecular weight is 417 g/mol. The number of amides is 3. The molecule has 2 heterocycles. The summed E-state index contributed by atoms with van der Waals surface area (Å²) in [7, 11) is 0. The topological polar surface area (TPSA) is 73.5 Å².